The first-order valence-corrected chi connectivity index (χ1v) is 10.4. The Balaban J connectivity index is 1.47. The topological polar surface area (TPSA) is 62.3 Å². The van der Waals surface area contributed by atoms with Crippen molar-refractivity contribution in [1.29, 1.82) is 0 Å². The number of fused-ring (bicyclic) bond motifs is 1. The molecule has 0 saturated carbocycles. The van der Waals surface area contributed by atoms with Crippen molar-refractivity contribution in [2.45, 2.75) is 65.2 Å². The minimum absolute atomic E-state index is 0.0555. The average Bonchev–Trinajstić information content (AvgIpc) is 2.82. The number of nitrogens with one attached hydrogen (secondary N) is 1. The molecule has 1 aromatic heterocycles. The number of anilines is 1. The fourth-order valence-electron chi connectivity index (χ4n) is 3.74. The largest absolute Gasteiger partial charge is 0.342 e. The van der Waals surface area contributed by atoms with E-state index in [1.807, 2.05) is 18.7 Å². The van der Waals surface area contributed by atoms with Crippen LogP contribution >= 0.6 is 11.3 Å². The van der Waals surface area contributed by atoms with E-state index >= 15 is 0 Å². The smallest absolute Gasteiger partial charge is 0.226 e. The van der Waals surface area contributed by atoms with Crippen LogP contribution in [0.4, 0.5) is 5.13 Å². The maximum absolute atomic E-state index is 12.4. The minimum atomic E-state index is 0.0555. The fraction of sp³-hybridized carbons (Fsp3) is 0.737. The first kappa shape index (κ1) is 18.4. The van der Waals surface area contributed by atoms with Crippen molar-refractivity contribution < 1.29 is 9.59 Å². The van der Waals surface area contributed by atoms with Crippen LogP contribution in [0.2, 0.25) is 0 Å². The predicted molar refractivity (Wildman–Crippen MR) is 101 cm³/mol. The molecule has 1 N–H and O–H groups in total. The molecule has 0 bridgehead atoms. The van der Waals surface area contributed by atoms with Crippen molar-refractivity contribution in [1.82, 2.24) is 9.88 Å². The highest BCUT2D eigenvalue weighted by atomic mass is 32.1. The van der Waals surface area contributed by atoms with Crippen molar-refractivity contribution in [3.8, 4) is 0 Å². The summed E-state index contributed by atoms with van der Waals surface area (Å²) >= 11 is 1.65. The predicted octanol–water partition coefficient (Wildman–Crippen LogP) is 3.64. The van der Waals surface area contributed by atoms with E-state index in [0.717, 1.165) is 43.9 Å². The number of thiazole rings is 1. The van der Waals surface area contributed by atoms with Crippen LogP contribution in [0.5, 0.6) is 0 Å². The van der Waals surface area contributed by atoms with Crippen molar-refractivity contribution in [2.75, 3.05) is 18.4 Å². The molecule has 3 rings (SSSR count). The van der Waals surface area contributed by atoms with Gasteiger partial charge in [0.2, 0.25) is 11.8 Å². The Morgan fingerprint density at radius 2 is 1.92 bits per heavy atom. The SMILES string of the molecule is CC(C)C(=O)N1CCC(CC(=O)Nc2nc3c(s2)CCCCC3)CC1. The number of aryl methyl sites for hydroxylation is 2. The number of likely N-dealkylation sites (tertiary alicyclic amines) is 1. The molecule has 0 spiro atoms. The van der Waals surface area contributed by atoms with E-state index in [2.05, 4.69) is 10.3 Å². The molecule has 1 aromatic rings. The normalized spacial score (nSPS) is 18.8. The molecule has 0 unspecified atom stereocenters. The number of carbonyl (C=O) groups is 2. The van der Waals surface area contributed by atoms with Crippen molar-refractivity contribution in [3.63, 3.8) is 0 Å². The maximum atomic E-state index is 12.4. The zero-order valence-corrected chi connectivity index (χ0v) is 16.2. The van der Waals surface area contributed by atoms with Crippen LogP contribution in [0.15, 0.2) is 0 Å². The Hall–Kier alpha value is -1.43. The summed E-state index contributed by atoms with van der Waals surface area (Å²) in [5.41, 5.74) is 1.19. The fourth-order valence-corrected chi connectivity index (χ4v) is 4.80. The van der Waals surface area contributed by atoms with E-state index in [4.69, 9.17) is 0 Å². The second-order valence-electron chi connectivity index (χ2n) is 7.63. The van der Waals surface area contributed by atoms with Gasteiger partial charge >= 0.3 is 0 Å². The van der Waals surface area contributed by atoms with Gasteiger partial charge in [0.1, 0.15) is 0 Å². The first-order chi connectivity index (χ1) is 12.0. The summed E-state index contributed by atoms with van der Waals surface area (Å²) in [4.78, 5) is 32.3. The van der Waals surface area contributed by atoms with E-state index in [1.165, 1.54) is 29.8 Å². The molecule has 2 amide bonds. The molecule has 0 aromatic carbocycles. The van der Waals surface area contributed by atoms with Gasteiger partial charge < -0.3 is 10.2 Å². The molecule has 1 fully saturated rings. The Morgan fingerprint density at radius 3 is 2.64 bits per heavy atom. The average molecular weight is 364 g/mol. The minimum Gasteiger partial charge on any atom is -0.342 e. The maximum Gasteiger partial charge on any atom is 0.226 e. The highest BCUT2D eigenvalue weighted by Crippen LogP contribution is 2.29. The van der Waals surface area contributed by atoms with E-state index < -0.39 is 0 Å². The Morgan fingerprint density at radius 1 is 1.20 bits per heavy atom. The van der Waals surface area contributed by atoms with Crippen LogP contribution in [-0.4, -0.2) is 34.8 Å². The van der Waals surface area contributed by atoms with Gasteiger partial charge in [-0.25, -0.2) is 4.98 Å². The second-order valence-corrected chi connectivity index (χ2v) is 8.71. The lowest BCUT2D eigenvalue weighted by atomic mass is 9.92. The van der Waals surface area contributed by atoms with Crippen LogP contribution in [0.25, 0.3) is 0 Å². The first-order valence-electron chi connectivity index (χ1n) is 9.60. The lowest BCUT2D eigenvalue weighted by Crippen LogP contribution is -2.41. The summed E-state index contributed by atoms with van der Waals surface area (Å²) in [7, 11) is 0. The number of hydrogen-bond acceptors (Lipinski definition) is 4. The Labute approximate surface area is 154 Å². The number of amides is 2. The van der Waals surface area contributed by atoms with E-state index in [0.29, 0.717) is 12.3 Å². The summed E-state index contributed by atoms with van der Waals surface area (Å²) in [6.45, 7) is 5.44. The van der Waals surface area contributed by atoms with Crippen LogP contribution in [0.3, 0.4) is 0 Å². The number of aromatic nitrogens is 1. The molecular formula is C19H29N3O2S. The molecule has 5 nitrogen and oxygen atoms in total. The molecule has 6 heteroatoms. The summed E-state index contributed by atoms with van der Waals surface area (Å²) in [5.74, 6) is 0.721. The monoisotopic (exact) mass is 363 g/mol. The van der Waals surface area contributed by atoms with Gasteiger partial charge in [-0.2, -0.15) is 0 Å². The third kappa shape index (κ3) is 4.81. The molecule has 0 radical (unpaired) electrons. The zero-order valence-electron chi connectivity index (χ0n) is 15.3. The quantitative estimate of drug-likeness (QED) is 0.831. The van der Waals surface area contributed by atoms with Crippen LogP contribution < -0.4 is 5.32 Å². The van der Waals surface area contributed by atoms with Gasteiger partial charge in [-0.15, -0.1) is 11.3 Å². The molecule has 1 aliphatic carbocycles. The number of hydrogen-bond donors (Lipinski definition) is 1. The number of nitrogens with zero attached hydrogens (tertiary/aromatic N) is 2. The van der Waals surface area contributed by atoms with Crippen LogP contribution in [0, 0.1) is 11.8 Å². The van der Waals surface area contributed by atoms with E-state index in [9.17, 15) is 9.59 Å². The molecule has 0 atom stereocenters. The van der Waals surface area contributed by atoms with Gasteiger partial charge in [-0.3, -0.25) is 9.59 Å². The van der Waals surface area contributed by atoms with Crippen molar-refractivity contribution in [3.05, 3.63) is 10.6 Å². The molecule has 1 aliphatic heterocycles. The highest BCUT2D eigenvalue weighted by molar-refractivity contribution is 7.15. The molecular weight excluding hydrogens is 334 g/mol. The highest BCUT2D eigenvalue weighted by Gasteiger charge is 2.26. The third-order valence-electron chi connectivity index (χ3n) is 5.24. The van der Waals surface area contributed by atoms with Gasteiger partial charge in [-0.05, 0) is 44.4 Å². The lowest BCUT2D eigenvalue weighted by Gasteiger charge is -2.32. The van der Waals surface area contributed by atoms with E-state index in [1.54, 1.807) is 11.3 Å². The van der Waals surface area contributed by atoms with Gasteiger partial charge in [0.05, 0.1) is 5.69 Å². The van der Waals surface area contributed by atoms with Gasteiger partial charge in [0.15, 0.2) is 5.13 Å². The Bertz CT molecular complexity index is 595. The van der Waals surface area contributed by atoms with Gasteiger partial charge in [0.25, 0.3) is 0 Å². The third-order valence-corrected chi connectivity index (χ3v) is 6.31. The van der Waals surface area contributed by atoms with E-state index in [-0.39, 0.29) is 17.7 Å². The van der Waals surface area contributed by atoms with Gasteiger partial charge in [0, 0.05) is 30.3 Å². The number of rotatable bonds is 4. The van der Waals surface area contributed by atoms with Crippen LogP contribution in [-0.2, 0) is 22.4 Å². The second kappa shape index (κ2) is 8.30. The number of carbonyl (C=O) groups excluding carboxylic acids is 2. The zero-order chi connectivity index (χ0) is 17.8. The lowest BCUT2D eigenvalue weighted by molar-refractivity contribution is -0.135. The molecule has 2 aliphatic rings. The molecule has 25 heavy (non-hydrogen) atoms. The Kier molecular flexibility index (Phi) is 6.10. The molecule has 138 valence electrons. The summed E-state index contributed by atoms with van der Waals surface area (Å²) in [6.07, 6.45) is 8.24. The number of piperidine rings is 1. The summed E-state index contributed by atoms with van der Waals surface area (Å²) in [5, 5.41) is 3.77. The van der Waals surface area contributed by atoms with Crippen molar-refractivity contribution in [2.24, 2.45) is 11.8 Å². The van der Waals surface area contributed by atoms with Crippen molar-refractivity contribution >= 4 is 28.3 Å². The molecule has 1 saturated heterocycles. The summed E-state index contributed by atoms with van der Waals surface area (Å²) in [6, 6.07) is 0. The van der Waals surface area contributed by atoms with Gasteiger partial charge in [-0.1, -0.05) is 20.3 Å². The summed E-state index contributed by atoms with van der Waals surface area (Å²) < 4.78 is 0. The van der Waals surface area contributed by atoms with Crippen LogP contribution in [0.1, 0.15) is 62.9 Å². The standard InChI is InChI=1S/C19H29N3O2S/c1-13(2)18(24)22-10-8-14(9-11-22)12-17(23)21-19-20-15-6-4-3-5-7-16(15)25-19/h13-14H,3-12H2,1-2H3,(H,20,21,23). The molecule has 2 heterocycles.